The molecule has 0 saturated carbocycles. The molecule has 22 heavy (non-hydrogen) atoms. The van der Waals surface area contributed by atoms with E-state index < -0.39 is 7.29 Å². The van der Waals surface area contributed by atoms with E-state index in [1.54, 1.807) is 0 Å². The van der Waals surface area contributed by atoms with E-state index in [1.165, 1.54) is 0 Å². The molecule has 0 radical (unpaired) electrons. The Morgan fingerprint density at radius 2 is 1.27 bits per heavy atom. The summed E-state index contributed by atoms with van der Waals surface area (Å²) < 4.78 is 22.1. The predicted octanol–water partition coefficient (Wildman–Crippen LogP) is 3.02. The summed E-state index contributed by atoms with van der Waals surface area (Å²) >= 11 is 0. The Balaban J connectivity index is 2.10. The maximum absolute atomic E-state index is 14.1. The second-order valence-corrected chi connectivity index (χ2v) is 8.63. The first kappa shape index (κ1) is 15.5. The zero-order chi connectivity index (χ0) is 15.6. The van der Waals surface area contributed by atoms with Crippen molar-refractivity contribution in [1.29, 1.82) is 0 Å². The molecule has 116 valence electrons. The summed E-state index contributed by atoms with van der Waals surface area (Å²) in [6, 6.07) is 19.6. The second-order valence-electron chi connectivity index (χ2n) is 5.88. The van der Waals surface area contributed by atoms with Gasteiger partial charge in [0.2, 0.25) is 7.29 Å². The minimum Gasteiger partial charge on any atom is -0.373 e. The lowest BCUT2D eigenvalue weighted by molar-refractivity contribution is -0.0441. The van der Waals surface area contributed by atoms with Crippen LogP contribution in [0.4, 0.5) is 0 Å². The Labute approximate surface area is 132 Å². The molecule has 3 rings (SSSR count). The molecule has 0 spiro atoms. The quantitative estimate of drug-likeness (QED) is 0.816. The van der Waals surface area contributed by atoms with Crippen LogP contribution >= 0.6 is 7.29 Å². The van der Waals surface area contributed by atoms with E-state index in [0.717, 1.165) is 10.6 Å². The van der Waals surface area contributed by atoms with E-state index >= 15 is 0 Å². The van der Waals surface area contributed by atoms with Gasteiger partial charge in [-0.2, -0.15) is 0 Å². The Hall–Kier alpha value is -1.41. The highest BCUT2D eigenvalue weighted by molar-refractivity contribution is 7.76. The van der Waals surface area contributed by atoms with Gasteiger partial charge in [-0.1, -0.05) is 36.4 Å². The summed E-state index contributed by atoms with van der Waals surface area (Å²) in [7, 11) is -2.82. The predicted molar refractivity (Wildman–Crippen MR) is 91.3 cm³/mol. The summed E-state index contributed by atoms with van der Waals surface area (Å²) in [6.07, 6.45) is 0.175. The molecule has 3 nitrogen and oxygen atoms in total. The fraction of sp³-hybridized carbons (Fsp3) is 0.333. The molecular weight excluding hydrogens is 293 g/mol. The summed E-state index contributed by atoms with van der Waals surface area (Å²) in [5, 5.41) is 1.78. The van der Waals surface area contributed by atoms with Crippen molar-refractivity contribution < 1.29 is 9.30 Å². The molecule has 1 heterocycles. The highest BCUT2D eigenvalue weighted by Crippen LogP contribution is 2.48. The second kappa shape index (κ2) is 6.37. The number of benzene rings is 2. The lowest BCUT2D eigenvalue weighted by Gasteiger charge is -2.40. The number of nitrogens with zero attached hydrogens (tertiary/aromatic N) is 1. The average Bonchev–Trinajstić information content (AvgIpc) is 2.55. The first-order chi connectivity index (χ1) is 10.6. The smallest absolute Gasteiger partial charge is 0.207 e. The van der Waals surface area contributed by atoms with Crippen LogP contribution in [-0.4, -0.2) is 30.0 Å². The van der Waals surface area contributed by atoms with Crippen molar-refractivity contribution >= 4 is 17.9 Å². The third-order valence-corrected chi connectivity index (χ3v) is 7.13. The molecule has 1 aliphatic heterocycles. The number of morpholine rings is 1. The molecule has 1 saturated heterocycles. The van der Waals surface area contributed by atoms with Gasteiger partial charge in [-0.15, -0.1) is 0 Å². The molecule has 2 unspecified atom stereocenters. The van der Waals surface area contributed by atoms with Crippen molar-refractivity contribution in [3.05, 3.63) is 60.7 Å². The molecule has 0 aliphatic carbocycles. The van der Waals surface area contributed by atoms with Gasteiger partial charge in [-0.3, -0.25) is 4.57 Å². The van der Waals surface area contributed by atoms with Gasteiger partial charge < -0.3 is 4.74 Å². The highest BCUT2D eigenvalue weighted by atomic mass is 31.2. The Morgan fingerprint density at radius 3 is 1.68 bits per heavy atom. The normalized spacial score (nSPS) is 23.4. The minimum atomic E-state index is -2.82. The van der Waals surface area contributed by atoms with Crippen molar-refractivity contribution in [1.82, 2.24) is 4.67 Å². The SMILES string of the molecule is CC1CN(P(=O)(c2ccccc2)c2ccccc2)CC(C)O1. The van der Waals surface area contributed by atoms with E-state index in [1.807, 2.05) is 74.5 Å². The summed E-state index contributed by atoms with van der Waals surface area (Å²) in [4.78, 5) is 0. The summed E-state index contributed by atoms with van der Waals surface area (Å²) in [5.41, 5.74) is 0. The van der Waals surface area contributed by atoms with Crippen molar-refractivity contribution in [2.45, 2.75) is 26.1 Å². The van der Waals surface area contributed by atoms with Crippen LogP contribution in [0.25, 0.3) is 0 Å². The van der Waals surface area contributed by atoms with Crippen LogP contribution in [0.15, 0.2) is 60.7 Å². The van der Waals surface area contributed by atoms with Crippen molar-refractivity contribution in [2.75, 3.05) is 13.1 Å². The van der Waals surface area contributed by atoms with Gasteiger partial charge in [-0.25, -0.2) is 4.67 Å². The third kappa shape index (κ3) is 2.89. The fourth-order valence-electron chi connectivity index (χ4n) is 3.12. The molecule has 2 aromatic carbocycles. The lowest BCUT2D eigenvalue weighted by Crippen LogP contribution is -2.46. The monoisotopic (exact) mass is 315 g/mol. The molecular formula is C18H22NO2P. The van der Waals surface area contributed by atoms with Gasteiger partial charge in [-0.05, 0) is 38.1 Å². The molecule has 1 fully saturated rings. The Morgan fingerprint density at radius 1 is 0.864 bits per heavy atom. The van der Waals surface area contributed by atoms with E-state index in [-0.39, 0.29) is 12.2 Å². The molecule has 0 bridgehead atoms. The molecule has 1 aliphatic rings. The topological polar surface area (TPSA) is 29.5 Å². The van der Waals surface area contributed by atoms with E-state index in [2.05, 4.69) is 4.67 Å². The standard InChI is InChI=1S/C18H22NO2P/c1-15-13-19(14-16(2)21-15)22(20,17-9-5-3-6-10-17)18-11-7-4-8-12-18/h3-12,15-16H,13-14H2,1-2H3. The molecule has 0 N–H and O–H groups in total. The van der Waals surface area contributed by atoms with Crippen molar-refractivity contribution in [3.63, 3.8) is 0 Å². The van der Waals surface area contributed by atoms with Gasteiger partial charge in [0.1, 0.15) is 0 Å². The summed E-state index contributed by atoms with van der Waals surface area (Å²) in [5.74, 6) is 0. The van der Waals surface area contributed by atoms with Crippen LogP contribution in [0.1, 0.15) is 13.8 Å². The first-order valence-electron chi connectivity index (χ1n) is 7.73. The molecule has 2 aromatic rings. The van der Waals surface area contributed by atoms with E-state index in [0.29, 0.717) is 13.1 Å². The highest BCUT2D eigenvalue weighted by Gasteiger charge is 2.38. The molecule has 0 amide bonds. The molecule has 0 aromatic heterocycles. The van der Waals surface area contributed by atoms with Crippen molar-refractivity contribution in [3.8, 4) is 0 Å². The van der Waals surface area contributed by atoms with Crippen molar-refractivity contribution in [2.24, 2.45) is 0 Å². The van der Waals surface area contributed by atoms with Crippen LogP contribution in [0.2, 0.25) is 0 Å². The minimum absolute atomic E-state index is 0.0875. The molecule has 4 heteroatoms. The zero-order valence-electron chi connectivity index (χ0n) is 13.1. The van der Waals surface area contributed by atoms with E-state index in [4.69, 9.17) is 4.74 Å². The van der Waals surface area contributed by atoms with Crippen LogP contribution in [-0.2, 0) is 9.30 Å². The van der Waals surface area contributed by atoms with Gasteiger partial charge in [0, 0.05) is 23.7 Å². The van der Waals surface area contributed by atoms with Gasteiger partial charge in [0.05, 0.1) is 12.2 Å². The first-order valence-corrected chi connectivity index (χ1v) is 9.39. The maximum atomic E-state index is 14.1. The third-order valence-electron chi connectivity index (χ3n) is 4.01. The summed E-state index contributed by atoms with van der Waals surface area (Å²) in [6.45, 7) is 5.46. The van der Waals surface area contributed by atoms with Gasteiger partial charge in [0.25, 0.3) is 0 Å². The average molecular weight is 315 g/mol. The van der Waals surface area contributed by atoms with Gasteiger partial charge in [0.15, 0.2) is 0 Å². The van der Waals surface area contributed by atoms with Crippen LogP contribution in [0, 0.1) is 0 Å². The van der Waals surface area contributed by atoms with Gasteiger partial charge >= 0.3 is 0 Å². The number of ether oxygens (including phenoxy) is 1. The van der Waals surface area contributed by atoms with Crippen LogP contribution in [0.5, 0.6) is 0 Å². The van der Waals surface area contributed by atoms with Crippen LogP contribution < -0.4 is 10.6 Å². The Bertz CT molecular complexity index is 606. The largest absolute Gasteiger partial charge is 0.373 e. The number of rotatable bonds is 3. The number of hydrogen-bond acceptors (Lipinski definition) is 2. The zero-order valence-corrected chi connectivity index (χ0v) is 13.9. The Kier molecular flexibility index (Phi) is 4.49. The molecule has 2 atom stereocenters. The lowest BCUT2D eigenvalue weighted by atomic mass is 10.3. The fourth-order valence-corrected chi connectivity index (χ4v) is 6.14. The number of hydrogen-bond donors (Lipinski definition) is 0. The van der Waals surface area contributed by atoms with E-state index in [9.17, 15) is 4.57 Å². The maximum Gasteiger partial charge on any atom is 0.207 e. The van der Waals surface area contributed by atoms with Crippen LogP contribution in [0.3, 0.4) is 0 Å².